The first-order chi connectivity index (χ1) is 7.38. The fourth-order valence-corrected chi connectivity index (χ4v) is 1.39. The number of hydrogen-bond acceptors (Lipinski definition) is 3. The Morgan fingerprint density at radius 3 is 2.44 bits per heavy atom. The van der Waals surface area contributed by atoms with Crippen LogP contribution in [-0.4, -0.2) is 22.7 Å². The molecule has 3 nitrogen and oxygen atoms in total. The van der Waals surface area contributed by atoms with Crippen molar-refractivity contribution in [2.45, 2.75) is 45.8 Å². The van der Waals surface area contributed by atoms with Gasteiger partial charge in [0.25, 0.3) is 0 Å². The van der Waals surface area contributed by atoms with Crippen molar-refractivity contribution in [3.8, 4) is 0 Å². The van der Waals surface area contributed by atoms with E-state index < -0.39 is 6.10 Å². The van der Waals surface area contributed by atoms with E-state index in [2.05, 4.69) is 30.7 Å². The van der Waals surface area contributed by atoms with E-state index in [4.69, 9.17) is 0 Å². The lowest BCUT2D eigenvalue weighted by Crippen LogP contribution is -2.41. The molecule has 1 aromatic heterocycles. The van der Waals surface area contributed by atoms with Crippen molar-refractivity contribution in [3.63, 3.8) is 0 Å². The molecule has 1 atom stereocenters. The fourth-order valence-electron chi connectivity index (χ4n) is 1.39. The number of aromatic nitrogens is 1. The number of aliphatic hydroxyl groups excluding tert-OH is 1. The molecule has 0 aliphatic rings. The number of nitrogens with zero attached hydrogens (tertiary/aromatic N) is 2. The summed E-state index contributed by atoms with van der Waals surface area (Å²) in [6.45, 7) is 8.30. The van der Waals surface area contributed by atoms with Crippen molar-refractivity contribution in [1.82, 2.24) is 4.98 Å². The maximum atomic E-state index is 9.41. The Hall–Kier alpha value is -1.09. The van der Waals surface area contributed by atoms with Crippen molar-refractivity contribution in [2.24, 2.45) is 0 Å². The Morgan fingerprint density at radius 2 is 2.06 bits per heavy atom. The number of aliphatic hydroxyl groups is 1. The first-order valence-corrected chi connectivity index (χ1v) is 5.76. The summed E-state index contributed by atoms with van der Waals surface area (Å²) >= 11 is 0. The molecule has 0 radical (unpaired) electrons. The second-order valence-corrected chi connectivity index (χ2v) is 4.85. The van der Waals surface area contributed by atoms with Gasteiger partial charge >= 0.3 is 0 Å². The smallest absolute Gasteiger partial charge is 0.128 e. The molecule has 0 spiro atoms. The summed E-state index contributed by atoms with van der Waals surface area (Å²) < 4.78 is 0. The number of pyridine rings is 1. The average molecular weight is 222 g/mol. The van der Waals surface area contributed by atoms with Crippen LogP contribution in [0.5, 0.6) is 0 Å². The van der Waals surface area contributed by atoms with Crippen LogP contribution in [0.2, 0.25) is 0 Å². The Labute approximate surface area is 98.1 Å². The van der Waals surface area contributed by atoms with Gasteiger partial charge in [-0.1, -0.05) is 13.0 Å². The van der Waals surface area contributed by atoms with Gasteiger partial charge in [0.2, 0.25) is 0 Å². The predicted octanol–water partition coefficient (Wildman–Crippen LogP) is 2.76. The van der Waals surface area contributed by atoms with Gasteiger partial charge in [-0.05, 0) is 38.8 Å². The Balaban J connectivity index is 2.90. The van der Waals surface area contributed by atoms with Crippen LogP contribution in [0.15, 0.2) is 18.3 Å². The van der Waals surface area contributed by atoms with Crippen LogP contribution < -0.4 is 4.90 Å². The second kappa shape index (κ2) is 4.83. The Kier molecular flexibility index (Phi) is 3.92. The molecule has 0 aliphatic heterocycles. The topological polar surface area (TPSA) is 36.4 Å². The van der Waals surface area contributed by atoms with E-state index in [-0.39, 0.29) is 5.54 Å². The molecule has 1 aromatic rings. The summed E-state index contributed by atoms with van der Waals surface area (Å²) in [4.78, 5) is 6.55. The molecule has 0 saturated carbocycles. The molecule has 1 rings (SSSR count). The predicted molar refractivity (Wildman–Crippen MR) is 67.6 cm³/mol. The van der Waals surface area contributed by atoms with E-state index in [1.54, 1.807) is 13.1 Å². The Morgan fingerprint density at radius 1 is 1.44 bits per heavy atom. The third kappa shape index (κ3) is 2.73. The van der Waals surface area contributed by atoms with Crippen LogP contribution >= 0.6 is 0 Å². The summed E-state index contributed by atoms with van der Waals surface area (Å²) in [6, 6.07) is 3.88. The average Bonchev–Trinajstić information content (AvgIpc) is 2.28. The minimum atomic E-state index is -0.453. The molecule has 0 amide bonds. The molecule has 0 aromatic carbocycles. The van der Waals surface area contributed by atoms with Gasteiger partial charge < -0.3 is 10.0 Å². The molecule has 90 valence electrons. The van der Waals surface area contributed by atoms with Gasteiger partial charge in [0.05, 0.1) is 6.10 Å². The normalized spacial score (nSPS) is 13.6. The maximum absolute atomic E-state index is 9.41. The van der Waals surface area contributed by atoms with Crippen molar-refractivity contribution in [2.75, 3.05) is 11.9 Å². The molecule has 1 N–H and O–H groups in total. The van der Waals surface area contributed by atoms with Crippen LogP contribution in [0.25, 0.3) is 0 Å². The molecule has 16 heavy (non-hydrogen) atoms. The summed E-state index contributed by atoms with van der Waals surface area (Å²) in [5.74, 6) is 0.941. The largest absolute Gasteiger partial charge is 0.389 e. The standard InChI is InChI=1S/C13H22N2O/c1-6-13(3,4)15(5)12-8-7-11(9-14-12)10(2)16/h7-10,16H,6H2,1-5H3/t10-/m1/s1. The third-order valence-corrected chi connectivity index (χ3v) is 3.37. The van der Waals surface area contributed by atoms with Gasteiger partial charge in [-0.2, -0.15) is 0 Å². The highest BCUT2D eigenvalue weighted by Gasteiger charge is 2.22. The van der Waals surface area contributed by atoms with Gasteiger partial charge in [-0.25, -0.2) is 4.98 Å². The van der Waals surface area contributed by atoms with E-state index in [0.29, 0.717) is 0 Å². The molecule has 0 bridgehead atoms. The maximum Gasteiger partial charge on any atom is 0.128 e. The first-order valence-electron chi connectivity index (χ1n) is 5.76. The van der Waals surface area contributed by atoms with Crippen LogP contribution in [0, 0.1) is 0 Å². The van der Waals surface area contributed by atoms with Crippen LogP contribution in [0.3, 0.4) is 0 Å². The second-order valence-electron chi connectivity index (χ2n) is 4.85. The van der Waals surface area contributed by atoms with E-state index in [0.717, 1.165) is 17.8 Å². The molecular weight excluding hydrogens is 200 g/mol. The van der Waals surface area contributed by atoms with Crippen LogP contribution in [-0.2, 0) is 0 Å². The first kappa shape index (κ1) is 13.0. The summed E-state index contributed by atoms with van der Waals surface area (Å²) in [7, 11) is 2.05. The van der Waals surface area contributed by atoms with Gasteiger partial charge in [-0.15, -0.1) is 0 Å². The third-order valence-electron chi connectivity index (χ3n) is 3.37. The molecular formula is C13H22N2O. The molecule has 3 heteroatoms. The highest BCUT2D eigenvalue weighted by atomic mass is 16.3. The zero-order valence-electron chi connectivity index (χ0n) is 10.9. The zero-order valence-corrected chi connectivity index (χ0v) is 10.9. The van der Waals surface area contributed by atoms with Crippen molar-refractivity contribution in [3.05, 3.63) is 23.9 Å². The summed E-state index contributed by atoms with van der Waals surface area (Å²) in [5, 5.41) is 9.41. The fraction of sp³-hybridized carbons (Fsp3) is 0.615. The number of hydrogen-bond donors (Lipinski definition) is 1. The highest BCUT2D eigenvalue weighted by molar-refractivity contribution is 5.41. The summed E-state index contributed by atoms with van der Waals surface area (Å²) in [6.07, 6.45) is 2.34. The minimum Gasteiger partial charge on any atom is -0.389 e. The van der Waals surface area contributed by atoms with E-state index in [9.17, 15) is 5.11 Å². The highest BCUT2D eigenvalue weighted by Crippen LogP contribution is 2.23. The minimum absolute atomic E-state index is 0.0966. The lowest BCUT2D eigenvalue weighted by molar-refractivity contribution is 0.199. The molecule has 0 aliphatic carbocycles. The van der Waals surface area contributed by atoms with Gasteiger partial charge in [0, 0.05) is 18.8 Å². The van der Waals surface area contributed by atoms with Crippen LogP contribution in [0.1, 0.15) is 45.8 Å². The van der Waals surface area contributed by atoms with Gasteiger partial charge in [0.15, 0.2) is 0 Å². The van der Waals surface area contributed by atoms with Crippen LogP contribution in [0.4, 0.5) is 5.82 Å². The van der Waals surface area contributed by atoms with Crippen molar-refractivity contribution >= 4 is 5.82 Å². The quantitative estimate of drug-likeness (QED) is 0.851. The lowest BCUT2D eigenvalue weighted by atomic mass is 10.00. The molecule has 0 unspecified atom stereocenters. The lowest BCUT2D eigenvalue weighted by Gasteiger charge is -2.35. The zero-order chi connectivity index (χ0) is 12.3. The molecule has 1 heterocycles. The van der Waals surface area contributed by atoms with E-state index in [1.165, 1.54) is 0 Å². The molecule has 0 fully saturated rings. The number of anilines is 1. The van der Waals surface area contributed by atoms with Gasteiger partial charge in [0.1, 0.15) is 5.82 Å². The number of rotatable bonds is 4. The SMILES string of the molecule is CCC(C)(C)N(C)c1ccc([C@@H](C)O)cn1. The van der Waals surface area contributed by atoms with E-state index >= 15 is 0 Å². The van der Waals surface area contributed by atoms with Crippen molar-refractivity contribution in [1.29, 1.82) is 0 Å². The van der Waals surface area contributed by atoms with Crippen molar-refractivity contribution < 1.29 is 5.11 Å². The summed E-state index contributed by atoms with van der Waals surface area (Å²) in [5.41, 5.74) is 0.950. The van der Waals surface area contributed by atoms with E-state index in [1.807, 2.05) is 19.2 Å². The monoisotopic (exact) mass is 222 g/mol. The molecule has 0 saturated heterocycles. The van der Waals surface area contributed by atoms with Gasteiger partial charge in [-0.3, -0.25) is 0 Å². The Bertz CT molecular complexity index is 330.